The van der Waals surface area contributed by atoms with Crippen LogP contribution in [0.1, 0.15) is 29.8 Å². The summed E-state index contributed by atoms with van der Waals surface area (Å²) in [5.74, 6) is 0.412. The second-order valence-corrected chi connectivity index (χ2v) is 8.58. The van der Waals surface area contributed by atoms with E-state index in [4.69, 9.17) is 28.2 Å². The van der Waals surface area contributed by atoms with Crippen molar-refractivity contribution < 1.29 is 5.11 Å². The molecule has 1 aliphatic rings. The van der Waals surface area contributed by atoms with Gasteiger partial charge >= 0.3 is 0 Å². The Morgan fingerprint density at radius 2 is 1.79 bits per heavy atom. The maximum atomic E-state index is 9.47. The molecule has 6 heteroatoms. The number of pyridine rings is 1. The number of nitrogens with zero attached hydrogens (tertiary/aromatic N) is 3. The van der Waals surface area contributed by atoms with Gasteiger partial charge in [0.1, 0.15) is 5.65 Å². The van der Waals surface area contributed by atoms with Crippen LogP contribution in [0.4, 0.5) is 5.69 Å². The minimum atomic E-state index is 0.280. The van der Waals surface area contributed by atoms with Crippen LogP contribution in [-0.4, -0.2) is 34.4 Å². The molecule has 148 valence electrons. The number of aryl methyl sites for hydroxylation is 2. The Hall–Kier alpha value is -1.75. The summed E-state index contributed by atoms with van der Waals surface area (Å²) in [6.07, 6.45) is 2.03. The van der Waals surface area contributed by atoms with Crippen LogP contribution in [0.15, 0.2) is 24.3 Å². The molecule has 4 nitrogen and oxygen atoms in total. The van der Waals surface area contributed by atoms with E-state index in [0.29, 0.717) is 16.0 Å². The van der Waals surface area contributed by atoms with Crippen LogP contribution in [0.3, 0.4) is 0 Å². The lowest BCUT2D eigenvalue weighted by Gasteiger charge is -2.33. The second kappa shape index (κ2) is 7.58. The number of rotatable bonds is 3. The molecule has 0 bridgehead atoms. The normalized spacial score (nSPS) is 15.6. The Morgan fingerprint density at radius 3 is 2.43 bits per heavy atom. The zero-order chi connectivity index (χ0) is 20.0. The molecule has 28 heavy (non-hydrogen) atoms. The number of aliphatic hydroxyl groups excluding tert-OH is 1. The first-order valence-corrected chi connectivity index (χ1v) is 10.5. The first kappa shape index (κ1) is 19.6. The van der Waals surface area contributed by atoms with Gasteiger partial charge in [-0.15, -0.1) is 0 Å². The fourth-order valence-corrected chi connectivity index (χ4v) is 4.73. The van der Waals surface area contributed by atoms with Gasteiger partial charge in [0.2, 0.25) is 0 Å². The fourth-order valence-electron chi connectivity index (χ4n) is 4.23. The third-order valence-corrected chi connectivity index (χ3v) is 6.47. The Labute approximate surface area is 175 Å². The summed E-state index contributed by atoms with van der Waals surface area (Å²) in [4.78, 5) is 7.32. The molecule has 3 aromatic rings. The number of piperidine rings is 1. The summed E-state index contributed by atoms with van der Waals surface area (Å²) in [6.45, 7) is 8.49. The quantitative estimate of drug-likeness (QED) is 0.614. The van der Waals surface area contributed by atoms with Crippen molar-refractivity contribution in [1.82, 2.24) is 9.55 Å². The van der Waals surface area contributed by atoms with Crippen LogP contribution in [-0.2, 0) is 0 Å². The first-order chi connectivity index (χ1) is 13.4. The molecular formula is C22H25Cl2N3O. The zero-order valence-corrected chi connectivity index (χ0v) is 18.0. The minimum absolute atomic E-state index is 0.280. The average molecular weight is 418 g/mol. The maximum absolute atomic E-state index is 9.47. The summed E-state index contributed by atoms with van der Waals surface area (Å²) in [7, 11) is 0. The van der Waals surface area contributed by atoms with E-state index in [0.717, 1.165) is 48.7 Å². The highest BCUT2D eigenvalue weighted by molar-refractivity contribution is 6.35. The van der Waals surface area contributed by atoms with Gasteiger partial charge in [0, 0.05) is 47.2 Å². The number of hydrogen-bond donors (Lipinski definition) is 1. The molecule has 0 spiro atoms. The van der Waals surface area contributed by atoms with E-state index in [-0.39, 0.29) is 6.61 Å². The van der Waals surface area contributed by atoms with Crippen molar-refractivity contribution in [3.63, 3.8) is 0 Å². The molecule has 0 aliphatic carbocycles. The average Bonchev–Trinajstić information content (AvgIpc) is 2.92. The monoisotopic (exact) mass is 417 g/mol. The van der Waals surface area contributed by atoms with Crippen LogP contribution in [0.2, 0.25) is 10.0 Å². The molecule has 1 aromatic carbocycles. The van der Waals surface area contributed by atoms with Gasteiger partial charge in [0.05, 0.1) is 10.7 Å². The van der Waals surface area contributed by atoms with E-state index in [2.05, 4.69) is 29.4 Å². The highest BCUT2D eigenvalue weighted by atomic mass is 35.5. The lowest BCUT2D eigenvalue weighted by Crippen LogP contribution is -2.35. The van der Waals surface area contributed by atoms with Crippen LogP contribution in [0, 0.1) is 26.7 Å². The van der Waals surface area contributed by atoms with Gasteiger partial charge in [-0.1, -0.05) is 23.2 Å². The Morgan fingerprint density at radius 1 is 1.07 bits per heavy atom. The summed E-state index contributed by atoms with van der Waals surface area (Å²) in [5, 5.41) is 11.9. The minimum Gasteiger partial charge on any atom is -0.396 e. The van der Waals surface area contributed by atoms with Gasteiger partial charge < -0.3 is 10.0 Å². The Kier molecular flexibility index (Phi) is 5.30. The van der Waals surface area contributed by atoms with E-state index >= 15 is 0 Å². The molecule has 0 atom stereocenters. The van der Waals surface area contributed by atoms with Gasteiger partial charge in [0.15, 0.2) is 0 Å². The van der Waals surface area contributed by atoms with Gasteiger partial charge in [0.25, 0.3) is 0 Å². The molecule has 0 radical (unpaired) electrons. The molecule has 1 aliphatic heterocycles. The molecule has 2 aromatic heterocycles. The number of halogens is 2. The lowest BCUT2D eigenvalue weighted by atomic mass is 9.97. The second-order valence-electron chi connectivity index (χ2n) is 7.74. The summed E-state index contributed by atoms with van der Waals surface area (Å²) >= 11 is 12.6. The molecule has 0 amide bonds. The summed E-state index contributed by atoms with van der Waals surface area (Å²) in [5.41, 5.74) is 6.37. The smallest absolute Gasteiger partial charge is 0.147 e. The largest absolute Gasteiger partial charge is 0.396 e. The standard InChI is InChI=1S/C22H25Cl2N3O/c1-13-10-20(26-8-6-16(12-28)7-9-26)21-14(2)15(3)27(22(21)25-13)19-5-4-17(23)11-18(19)24/h4-5,10-11,16,28H,6-9,12H2,1-3H3. The highest BCUT2D eigenvalue weighted by Gasteiger charge is 2.24. The fraction of sp³-hybridized carbons (Fsp3) is 0.409. The molecule has 1 N–H and O–H groups in total. The molecule has 0 unspecified atom stereocenters. The topological polar surface area (TPSA) is 41.3 Å². The van der Waals surface area contributed by atoms with E-state index < -0.39 is 0 Å². The van der Waals surface area contributed by atoms with E-state index in [1.807, 2.05) is 19.1 Å². The molecule has 3 heterocycles. The predicted octanol–water partition coefficient (Wildman–Crippen LogP) is 5.47. The molecule has 4 rings (SSSR count). The van der Waals surface area contributed by atoms with Crippen molar-refractivity contribution in [1.29, 1.82) is 0 Å². The van der Waals surface area contributed by atoms with Crippen molar-refractivity contribution in [2.75, 3.05) is 24.6 Å². The van der Waals surface area contributed by atoms with Crippen molar-refractivity contribution in [2.24, 2.45) is 5.92 Å². The van der Waals surface area contributed by atoms with E-state index in [1.54, 1.807) is 6.07 Å². The molecule has 1 fully saturated rings. The number of fused-ring (bicyclic) bond motifs is 1. The van der Waals surface area contributed by atoms with Crippen molar-refractivity contribution in [2.45, 2.75) is 33.6 Å². The SMILES string of the molecule is Cc1cc(N2CCC(CO)CC2)c2c(C)c(C)n(-c3ccc(Cl)cc3Cl)c2n1. The Bertz CT molecular complexity index is 1040. The lowest BCUT2D eigenvalue weighted by molar-refractivity contribution is 0.203. The van der Waals surface area contributed by atoms with Crippen LogP contribution in [0.5, 0.6) is 0 Å². The maximum Gasteiger partial charge on any atom is 0.147 e. The number of hydrogen-bond acceptors (Lipinski definition) is 3. The van der Waals surface area contributed by atoms with Gasteiger partial charge in [-0.2, -0.15) is 0 Å². The Balaban J connectivity index is 1.90. The molecule has 0 saturated carbocycles. The van der Waals surface area contributed by atoms with Crippen LogP contribution in [0.25, 0.3) is 16.7 Å². The summed E-state index contributed by atoms with van der Waals surface area (Å²) < 4.78 is 2.14. The van der Waals surface area contributed by atoms with E-state index in [9.17, 15) is 5.11 Å². The van der Waals surface area contributed by atoms with Crippen LogP contribution >= 0.6 is 23.2 Å². The number of aliphatic hydroxyl groups is 1. The van der Waals surface area contributed by atoms with Gasteiger partial charge in [-0.05, 0) is 69.4 Å². The van der Waals surface area contributed by atoms with Crippen molar-refractivity contribution in [3.05, 3.63) is 51.3 Å². The zero-order valence-electron chi connectivity index (χ0n) is 16.5. The summed E-state index contributed by atoms with van der Waals surface area (Å²) in [6, 6.07) is 7.77. The van der Waals surface area contributed by atoms with E-state index in [1.165, 1.54) is 16.6 Å². The number of aromatic nitrogens is 2. The van der Waals surface area contributed by atoms with Gasteiger partial charge in [-0.25, -0.2) is 4.98 Å². The highest BCUT2D eigenvalue weighted by Crippen LogP contribution is 2.38. The number of anilines is 1. The third-order valence-electron chi connectivity index (χ3n) is 5.94. The molecule has 1 saturated heterocycles. The van der Waals surface area contributed by atoms with Crippen molar-refractivity contribution >= 4 is 39.9 Å². The predicted molar refractivity (Wildman–Crippen MR) is 117 cm³/mol. The van der Waals surface area contributed by atoms with Crippen LogP contribution < -0.4 is 4.90 Å². The first-order valence-electron chi connectivity index (χ1n) is 9.71. The molecular weight excluding hydrogens is 393 g/mol. The number of benzene rings is 1. The van der Waals surface area contributed by atoms with Crippen molar-refractivity contribution in [3.8, 4) is 5.69 Å². The third kappa shape index (κ3) is 3.28. The van der Waals surface area contributed by atoms with Gasteiger partial charge in [-0.3, -0.25) is 4.57 Å².